The van der Waals surface area contributed by atoms with Crippen molar-refractivity contribution in [3.63, 3.8) is 0 Å². The van der Waals surface area contributed by atoms with Crippen LogP contribution in [-0.2, 0) is 0 Å². The van der Waals surface area contributed by atoms with E-state index >= 15 is 0 Å². The van der Waals surface area contributed by atoms with Crippen molar-refractivity contribution in [1.29, 1.82) is 0 Å². The normalized spacial score (nSPS) is 27.5. The fourth-order valence-corrected chi connectivity index (χ4v) is 7.17. The summed E-state index contributed by atoms with van der Waals surface area (Å²) < 4.78 is 34.3. The molecule has 0 spiro atoms. The second kappa shape index (κ2) is 8.03. The van der Waals surface area contributed by atoms with Gasteiger partial charge in [-0.2, -0.15) is 5.10 Å². The molecule has 2 aromatic heterocycles. The number of hydrogen-bond acceptors (Lipinski definition) is 4. The molecule has 1 amide bonds. The lowest BCUT2D eigenvalue weighted by Crippen LogP contribution is -2.51. The van der Waals surface area contributed by atoms with Gasteiger partial charge in [0.2, 0.25) is 0 Å². The van der Waals surface area contributed by atoms with Crippen LogP contribution in [0.3, 0.4) is 0 Å². The molecular formula is C26H28F2N4O2. The van der Waals surface area contributed by atoms with E-state index in [1.807, 2.05) is 0 Å². The van der Waals surface area contributed by atoms with Crippen LogP contribution in [-0.4, -0.2) is 34.2 Å². The molecule has 4 fully saturated rings. The van der Waals surface area contributed by atoms with Crippen LogP contribution < -0.4 is 10.1 Å². The fraction of sp³-hybridized carbons (Fsp3) is 0.500. The summed E-state index contributed by atoms with van der Waals surface area (Å²) in [5, 5.41) is 7.22. The van der Waals surface area contributed by atoms with E-state index < -0.39 is 6.43 Å². The maximum atomic E-state index is 13.9. The van der Waals surface area contributed by atoms with Gasteiger partial charge in [-0.05, 0) is 79.9 Å². The second-order valence-corrected chi connectivity index (χ2v) is 10.5. The molecule has 6 nitrogen and oxygen atoms in total. The van der Waals surface area contributed by atoms with Gasteiger partial charge < -0.3 is 10.1 Å². The first-order valence-electron chi connectivity index (χ1n) is 12.0. The average molecular weight is 467 g/mol. The van der Waals surface area contributed by atoms with Crippen molar-refractivity contribution in [2.75, 3.05) is 13.7 Å². The number of methoxy groups -OCH3 is 1. The van der Waals surface area contributed by atoms with Crippen LogP contribution in [0.15, 0.2) is 36.5 Å². The first-order valence-corrected chi connectivity index (χ1v) is 12.0. The number of fused-ring (bicyclic) bond motifs is 1. The molecule has 178 valence electrons. The number of rotatable bonds is 6. The maximum absolute atomic E-state index is 13.9. The monoisotopic (exact) mass is 466 g/mol. The van der Waals surface area contributed by atoms with Crippen LogP contribution in [0, 0.1) is 23.2 Å². The minimum Gasteiger partial charge on any atom is -0.496 e. The van der Waals surface area contributed by atoms with Crippen molar-refractivity contribution in [3.05, 3.63) is 47.8 Å². The van der Waals surface area contributed by atoms with Gasteiger partial charge in [0.05, 0.1) is 19.0 Å². The van der Waals surface area contributed by atoms with Gasteiger partial charge in [0.15, 0.2) is 5.65 Å². The van der Waals surface area contributed by atoms with Crippen LogP contribution >= 0.6 is 0 Å². The van der Waals surface area contributed by atoms with E-state index in [2.05, 4.69) is 15.4 Å². The second-order valence-electron chi connectivity index (χ2n) is 10.5. The number of carbonyl (C=O) groups excluding carboxylic acids is 1. The van der Waals surface area contributed by atoms with Gasteiger partial charge in [0.25, 0.3) is 12.3 Å². The lowest BCUT2D eigenvalue weighted by molar-refractivity contribution is -0.0503. The zero-order valence-corrected chi connectivity index (χ0v) is 19.1. The molecule has 2 heterocycles. The van der Waals surface area contributed by atoms with E-state index in [1.165, 1.54) is 57.9 Å². The Balaban J connectivity index is 1.32. The molecule has 1 N–H and O–H groups in total. The summed E-state index contributed by atoms with van der Waals surface area (Å²) in [6, 6.07) is 8.41. The van der Waals surface area contributed by atoms with Crippen molar-refractivity contribution < 1.29 is 18.3 Å². The van der Waals surface area contributed by atoms with E-state index in [4.69, 9.17) is 4.74 Å². The highest BCUT2D eigenvalue weighted by Gasteiger charge is 2.50. The Hall–Kier alpha value is -3.03. The number of hydrogen-bond donors (Lipinski definition) is 1. The number of carbonyl (C=O) groups is 1. The van der Waals surface area contributed by atoms with Crippen molar-refractivity contribution in [3.8, 4) is 17.0 Å². The average Bonchev–Trinajstić information content (AvgIpc) is 3.25. The smallest absolute Gasteiger partial charge is 0.280 e. The highest BCUT2D eigenvalue weighted by molar-refractivity contribution is 6.00. The molecule has 4 aliphatic rings. The summed E-state index contributed by atoms with van der Waals surface area (Å²) in [6.45, 7) is 0.626. The molecule has 0 radical (unpaired) electrons. The third-order valence-electron chi connectivity index (χ3n) is 8.14. The summed E-state index contributed by atoms with van der Waals surface area (Å²) in [5.41, 5.74) is 1.10. The number of nitrogens with zero attached hydrogens (tertiary/aromatic N) is 3. The van der Waals surface area contributed by atoms with Crippen molar-refractivity contribution in [1.82, 2.24) is 19.9 Å². The van der Waals surface area contributed by atoms with E-state index in [1.54, 1.807) is 24.3 Å². The third kappa shape index (κ3) is 3.54. The molecule has 4 saturated carbocycles. The van der Waals surface area contributed by atoms with Crippen LogP contribution in [0.2, 0.25) is 0 Å². The minimum atomic E-state index is -2.78. The summed E-state index contributed by atoms with van der Waals surface area (Å²) >= 11 is 0. The molecule has 7 rings (SSSR count). The van der Waals surface area contributed by atoms with E-state index in [9.17, 15) is 13.6 Å². The Bertz CT molecular complexity index is 1220. The first kappa shape index (κ1) is 21.5. The van der Waals surface area contributed by atoms with Gasteiger partial charge >= 0.3 is 0 Å². The van der Waals surface area contributed by atoms with Crippen molar-refractivity contribution in [2.45, 2.75) is 45.0 Å². The van der Waals surface area contributed by atoms with E-state index in [-0.39, 0.29) is 28.2 Å². The Morgan fingerprint density at radius 2 is 1.85 bits per heavy atom. The zero-order valence-electron chi connectivity index (χ0n) is 19.1. The fourth-order valence-electron chi connectivity index (χ4n) is 7.17. The molecule has 8 heteroatoms. The van der Waals surface area contributed by atoms with Gasteiger partial charge in [-0.1, -0.05) is 12.1 Å². The number of amides is 1. The lowest BCUT2D eigenvalue weighted by Gasteiger charge is -2.56. The number of para-hydroxylation sites is 1. The predicted octanol–water partition coefficient (Wildman–Crippen LogP) is 5.29. The van der Waals surface area contributed by atoms with Gasteiger partial charge in [0.1, 0.15) is 17.0 Å². The maximum Gasteiger partial charge on any atom is 0.280 e. The number of ether oxygens (including phenoxy) is 1. The molecular weight excluding hydrogens is 438 g/mol. The Kier molecular flexibility index (Phi) is 5.08. The standard InChI is InChI=1S/C26H28F2N4O2/c1-34-22-5-3-2-4-18(22)20-9-21(23(27)28)32-24(31-20)19(13-30-32)25(33)29-14-26-10-15-6-16(11-26)8-17(7-15)12-26/h2-5,9,13,15-17,23H,6-8,10-12,14H2,1H3,(H,29,33). The van der Waals surface area contributed by atoms with Gasteiger partial charge in [-0.3, -0.25) is 4.79 Å². The zero-order chi connectivity index (χ0) is 23.4. The predicted molar refractivity (Wildman–Crippen MR) is 123 cm³/mol. The molecule has 3 aromatic rings. The van der Waals surface area contributed by atoms with Gasteiger partial charge in [-0.25, -0.2) is 18.3 Å². The molecule has 0 atom stereocenters. The number of aromatic nitrogens is 3. The molecule has 34 heavy (non-hydrogen) atoms. The number of benzene rings is 1. The molecule has 4 aliphatic carbocycles. The number of nitrogens with one attached hydrogen (secondary N) is 1. The highest BCUT2D eigenvalue weighted by Crippen LogP contribution is 2.59. The van der Waals surface area contributed by atoms with E-state index in [0.717, 1.165) is 22.3 Å². The third-order valence-corrected chi connectivity index (χ3v) is 8.14. The SMILES string of the molecule is COc1ccccc1-c1cc(C(F)F)n2ncc(C(=O)NCC34CC5CC(CC(C5)C3)C4)c2n1. The Morgan fingerprint density at radius 3 is 2.50 bits per heavy atom. The largest absolute Gasteiger partial charge is 0.496 e. The quantitative estimate of drug-likeness (QED) is 0.536. The lowest BCUT2D eigenvalue weighted by atomic mass is 9.49. The Morgan fingerprint density at radius 1 is 1.18 bits per heavy atom. The molecule has 0 aliphatic heterocycles. The molecule has 0 unspecified atom stereocenters. The molecule has 4 bridgehead atoms. The van der Waals surface area contributed by atoms with Crippen LogP contribution in [0.25, 0.3) is 16.9 Å². The van der Waals surface area contributed by atoms with Crippen molar-refractivity contribution >= 4 is 11.6 Å². The van der Waals surface area contributed by atoms with Gasteiger partial charge in [0, 0.05) is 12.1 Å². The number of alkyl halides is 2. The molecule has 0 saturated heterocycles. The highest BCUT2D eigenvalue weighted by atomic mass is 19.3. The topological polar surface area (TPSA) is 68.5 Å². The van der Waals surface area contributed by atoms with E-state index in [0.29, 0.717) is 23.6 Å². The van der Waals surface area contributed by atoms with Crippen LogP contribution in [0.1, 0.15) is 61.0 Å². The van der Waals surface area contributed by atoms with Gasteiger partial charge in [-0.15, -0.1) is 0 Å². The summed E-state index contributed by atoms with van der Waals surface area (Å²) in [4.78, 5) is 17.8. The number of halogens is 2. The Labute approximate surface area is 196 Å². The van der Waals surface area contributed by atoms with Crippen LogP contribution in [0.5, 0.6) is 5.75 Å². The van der Waals surface area contributed by atoms with Crippen LogP contribution in [0.4, 0.5) is 8.78 Å². The minimum absolute atomic E-state index is 0.127. The van der Waals surface area contributed by atoms with Crippen molar-refractivity contribution in [2.24, 2.45) is 23.2 Å². The molecule has 1 aromatic carbocycles. The summed E-state index contributed by atoms with van der Waals surface area (Å²) in [5.74, 6) is 2.58. The first-order chi connectivity index (χ1) is 16.4. The summed E-state index contributed by atoms with van der Waals surface area (Å²) in [7, 11) is 1.52. The summed E-state index contributed by atoms with van der Waals surface area (Å²) in [6.07, 6.45) is 6.13.